The molecule has 0 aromatic heterocycles. The van der Waals surface area contributed by atoms with Crippen LogP contribution in [0.3, 0.4) is 0 Å². The van der Waals surface area contributed by atoms with E-state index in [0.717, 1.165) is 31.0 Å². The average molecular weight is 223 g/mol. The van der Waals surface area contributed by atoms with Gasteiger partial charge in [-0.15, -0.1) is 0 Å². The number of ether oxygens (including phenoxy) is 1. The molecule has 4 fully saturated rings. The molecule has 16 heavy (non-hydrogen) atoms. The summed E-state index contributed by atoms with van der Waals surface area (Å²) in [5.74, 6) is 3.21. The largest absolute Gasteiger partial charge is 0.380 e. The maximum atomic E-state index is 5.60. The Morgan fingerprint density at radius 3 is 2.00 bits per heavy atom. The van der Waals surface area contributed by atoms with Crippen molar-refractivity contribution in [3.63, 3.8) is 0 Å². The molecule has 0 saturated heterocycles. The van der Waals surface area contributed by atoms with E-state index >= 15 is 0 Å². The van der Waals surface area contributed by atoms with E-state index in [2.05, 4.69) is 0 Å². The van der Waals surface area contributed by atoms with Crippen LogP contribution in [-0.4, -0.2) is 19.8 Å². The minimum absolute atomic E-state index is 0.668. The maximum absolute atomic E-state index is 5.60. The normalized spacial score (nSPS) is 45.2. The lowest BCUT2D eigenvalue weighted by Crippen LogP contribution is -2.46. The third kappa shape index (κ3) is 2.02. The number of hydrogen-bond acceptors (Lipinski definition) is 2. The lowest BCUT2D eigenvalue weighted by molar-refractivity contribution is -0.0685. The summed E-state index contributed by atoms with van der Waals surface area (Å²) in [4.78, 5) is 0. The topological polar surface area (TPSA) is 35.2 Å². The van der Waals surface area contributed by atoms with Crippen molar-refractivity contribution < 1.29 is 4.74 Å². The molecule has 0 aromatic carbocycles. The Balaban J connectivity index is 1.56. The van der Waals surface area contributed by atoms with Crippen molar-refractivity contribution in [1.29, 1.82) is 0 Å². The average Bonchev–Trinajstić information content (AvgIpc) is 2.22. The van der Waals surface area contributed by atoms with Gasteiger partial charge in [0, 0.05) is 13.2 Å². The Hall–Kier alpha value is -0.0800. The summed E-state index contributed by atoms with van der Waals surface area (Å²) in [6.45, 7) is 2.36. The molecule has 2 heteroatoms. The molecule has 0 atom stereocenters. The van der Waals surface area contributed by atoms with Crippen molar-refractivity contribution in [2.75, 3.05) is 19.8 Å². The van der Waals surface area contributed by atoms with Gasteiger partial charge in [-0.3, -0.25) is 0 Å². The third-order valence-electron chi connectivity index (χ3n) is 5.20. The van der Waals surface area contributed by atoms with Gasteiger partial charge in [-0.05, 0) is 68.1 Å². The first-order chi connectivity index (χ1) is 7.80. The standard InChI is InChI=1S/C14H25NO/c15-2-4-16-3-1-14-8-11-5-12(9-14)7-13(6-11)10-14/h11-13H,1-10,15H2. The molecule has 0 unspecified atom stereocenters. The molecule has 0 heterocycles. The van der Waals surface area contributed by atoms with Gasteiger partial charge < -0.3 is 10.5 Å². The van der Waals surface area contributed by atoms with Crippen molar-refractivity contribution in [2.24, 2.45) is 28.9 Å². The molecule has 2 nitrogen and oxygen atoms in total. The number of nitrogens with two attached hydrogens (primary N) is 1. The highest BCUT2D eigenvalue weighted by Crippen LogP contribution is 2.61. The van der Waals surface area contributed by atoms with Crippen molar-refractivity contribution in [1.82, 2.24) is 0 Å². The molecule has 92 valence electrons. The van der Waals surface area contributed by atoms with Crippen molar-refractivity contribution >= 4 is 0 Å². The van der Waals surface area contributed by atoms with Gasteiger partial charge in [0.15, 0.2) is 0 Å². The molecule has 4 aliphatic carbocycles. The van der Waals surface area contributed by atoms with Gasteiger partial charge in [-0.1, -0.05) is 0 Å². The van der Waals surface area contributed by atoms with Crippen LogP contribution in [0, 0.1) is 23.2 Å². The lowest BCUT2D eigenvalue weighted by atomic mass is 9.49. The molecular formula is C14H25NO. The Morgan fingerprint density at radius 1 is 0.938 bits per heavy atom. The van der Waals surface area contributed by atoms with Gasteiger partial charge in [0.1, 0.15) is 0 Å². The van der Waals surface area contributed by atoms with Gasteiger partial charge in [-0.25, -0.2) is 0 Å². The summed E-state index contributed by atoms with van der Waals surface area (Å²) in [5, 5.41) is 0. The Labute approximate surface area is 98.9 Å². The van der Waals surface area contributed by atoms with Crippen molar-refractivity contribution in [3.8, 4) is 0 Å². The maximum Gasteiger partial charge on any atom is 0.0588 e. The molecule has 0 aromatic rings. The van der Waals surface area contributed by atoms with Crippen LogP contribution in [0.2, 0.25) is 0 Å². The first-order valence-electron chi connectivity index (χ1n) is 7.07. The third-order valence-corrected chi connectivity index (χ3v) is 5.20. The fourth-order valence-electron chi connectivity index (χ4n) is 5.07. The van der Waals surface area contributed by atoms with E-state index in [9.17, 15) is 0 Å². The van der Waals surface area contributed by atoms with Crippen molar-refractivity contribution in [2.45, 2.75) is 44.9 Å². The molecule has 2 N–H and O–H groups in total. The zero-order valence-electron chi connectivity index (χ0n) is 10.3. The fraction of sp³-hybridized carbons (Fsp3) is 1.00. The van der Waals surface area contributed by atoms with Crippen LogP contribution in [0.1, 0.15) is 44.9 Å². The fourth-order valence-corrected chi connectivity index (χ4v) is 5.07. The zero-order chi connectivity index (χ0) is 11.0. The smallest absolute Gasteiger partial charge is 0.0588 e. The van der Waals surface area contributed by atoms with E-state index in [0.29, 0.717) is 12.0 Å². The summed E-state index contributed by atoms with van der Waals surface area (Å²) in [7, 11) is 0. The molecule has 0 radical (unpaired) electrons. The first kappa shape index (κ1) is 11.0. The molecule has 0 aliphatic heterocycles. The van der Waals surface area contributed by atoms with Crippen LogP contribution in [0.4, 0.5) is 0 Å². The second kappa shape index (κ2) is 4.30. The monoisotopic (exact) mass is 223 g/mol. The predicted octanol–water partition coefficient (Wildman–Crippen LogP) is 2.57. The van der Waals surface area contributed by atoms with E-state index in [1.165, 1.54) is 25.7 Å². The second-order valence-corrected chi connectivity index (χ2v) is 6.57. The number of hydrogen-bond donors (Lipinski definition) is 1. The van der Waals surface area contributed by atoms with Gasteiger partial charge >= 0.3 is 0 Å². The van der Waals surface area contributed by atoms with Crippen LogP contribution in [0.25, 0.3) is 0 Å². The zero-order valence-corrected chi connectivity index (χ0v) is 10.3. The Kier molecular flexibility index (Phi) is 2.97. The van der Waals surface area contributed by atoms with E-state index in [4.69, 9.17) is 10.5 Å². The van der Waals surface area contributed by atoms with E-state index in [1.807, 2.05) is 0 Å². The highest BCUT2D eigenvalue weighted by Gasteiger charge is 2.50. The summed E-state index contributed by atoms with van der Waals surface area (Å²) in [5.41, 5.74) is 6.13. The van der Waals surface area contributed by atoms with Gasteiger partial charge in [0.2, 0.25) is 0 Å². The first-order valence-corrected chi connectivity index (χ1v) is 7.07. The lowest BCUT2D eigenvalue weighted by Gasteiger charge is -2.57. The summed E-state index contributed by atoms with van der Waals surface area (Å²) in [6.07, 6.45) is 10.5. The second-order valence-electron chi connectivity index (χ2n) is 6.57. The summed E-state index contributed by atoms with van der Waals surface area (Å²) < 4.78 is 5.60. The van der Waals surface area contributed by atoms with Crippen LogP contribution in [-0.2, 0) is 4.74 Å². The van der Waals surface area contributed by atoms with E-state index in [1.54, 1.807) is 19.3 Å². The number of rotatable bonds is 5. The molecular weight excluding hydrogens is 198 g/mol. The summed E-state index contributed by atoms with van der Waals surface area (Å²) in [6, 6.07) is 0. The highest BCUT2D eigenvalue weighted by molar-refractivity contribution is 5.01. The predicted molar refractivity (Wildman–Crippen MR) is 65.1 cm³/mol. The molecule has 4 saturated carbocycles. The van der Waals surface area contributed by atoms with Gasteiger partial charge in [0.25, 0.3) is 0 Å². The SMILES string of the molecule is NCCOCCC12CC3CC(CC(C3)C1)C2. The molecule has 4 rings (SSSR count). The summed E-state index contributed by atoms with van der Waals surface area (Å²) >= 11 is 0. The molecule has 4 bridgehead atoms. The molecule has 0 spiro atoms. The van der Waals surface area contributed by atoms with Crippen LogP contribution in [0.5, 0.6) is 0 Å². The molecule has 0 amide bonds. The van der Waals surface area contributed by atoms with Crippen LogP contribution >= 0.6 is 0 Å². The Morgan fingerprint density at radius 2 is 1.50 bits per heavy atom. The van der Waals surface area contributed by atoms with Crippen LogP contribution in [0.15, 0.2) is 0 Å². The van der Waals surface area contributed by atoms with E-state index < -0.39 is 0 Å². The van der Waals surface area contributed by atoms with Gasteiger partial charge in [-0.2, -0.15) is 0 Å². The van der Waals surface area contributed by atoms with Crippen LogP contribution < -0.4 is 5.73 Å². The Bertz CT molecular complexity index is 216. The quantitative estimate of drug-likeness (QED) is 0.727. The highest BCUT2D eigenvalue weighted by atomic mass is 16.5. The minimum atomic E-state index is 0.668. The molecule has 4 aliphatic rings. The van der Waals surface area contributed by atoms with E-state index in [-0.39, 0.29) is 0 Å². The van der Waals surface area contributed by atoms with Crippen molar-refractivity contribution in [3.05, 3.63) is 0 Å². The minimum Gasteiger partial charge on any atom is -0.380 e. The van der Waals surface area contributed by atoms with Gasteiger partial charge in [0.05, 0.1) is 6.61 Å².